The van der Waals surface area contributed by atoms with Crippen LogP contribution in [0.3, 0.4) is 0 Å². The number of aromatic hydroxyl groups is 1. The lowest BCUT2D eigenvalue weighted by Gasteiger charge is -2.07. The SMILES string of the molecule is O=C(O)CNC(=O)c1[nH]c(=O)c(-c2cccc(Cl)c2)cc1O. The monoisotopic (exact) mass is 322 g/mol. The molecule has 0 unspecified atom stereocenters. The van der Waals surface area contributed by atoms with Crippen molar-refractivity contribution in [1.82, 2.24) is 10.3 Å². The average molecular weight is 323 g/mol. The Labute approximate surface area is 129 Å². The molecule has 0 saturated heterocycles. The van der Waals surface area contributed by atoms with Crippen LogP contribution in [0.4, 0.5) is 0 Å². The van der Waals surface area contributed by atoms with Gasteiger partial charge in [-0.15, -0.1) is 0 Å². The number of hydrogen-bond donors (Lipinski definition) is 4. The molecular formula is C14H11ClN2O5. The highest BCUT2D eigenvalue weighted by Gasteiger charge is 2.16. The molecule has 114 valence electrons. The Morgan fingerprint density at radius 1 is 1.27 bits per heavy atom. The van der Waals surface area contributed by atoms with Crippen molar-refractivity contribution in [1.29, 1.82) is 0 Å². The largest absolute Gasteiger partial charge is 0.506 e. The van der Waals surface area contributed by atoms with Gasteiger partial charge in [-0.25, -0.2) is 0 Å². The number of carboxylic acid groups (broad SMARTS) is 1. The Morgan fingerprint density at radius 2 is 2.00 bits per heavy atom. The minimum absolute atomic E-state index is 0.134. The Morgan fingerprint density at radius 3 is 2.64 bits per heavy atom. The molecule has 0 fully saturated rings. The van der Waals surface area contributed by atoms with E-state index in [-0.39, 0.29) is 5.56 Å². The fourth-order valence-electron chi connectivity index (χ4n) is 1.81. The maximum Gasteiger partial charge on any atom is 0.322 e. The lowest BCUT2D eigenvalue weighted by molar-refractivity contribution is -0.135. The van der Waals surface area contributed by atoms with E-state index in [0.29, 0.717) is 10.6 Å². The Hall–Kier alpha value is -2.80. The highest BCUT2D eigenvalue weighted by molar-refractivity contribution is 6.30. The van der Waals surface area contributed by atoms with Crippen molar-refractivity contribution in [2.45, 2.75) is 0 Å². The number of H-pyrrole nitrogens is 1. The van der Waals surface area contributed by atoms with E-state index >= 15 is 0 Å². The third-order valence-electron chi connectivity index (χ3n) is 2.78. The summed E-state index contributed by atoms with van der Waals surface area (Å²) in [7, 11) is 0. The number of halogens is 1. The van der Waals surface area contributed by atoms with Gasteiger partial charge in [-0.05, 0) is 23.8 Å². The zero-order chi connectivity index (χ0) is 16.3. The van der Waals surface area contributed by atoms with Crippen molar-refractivity contribution in [2.75, 3.05) is 6.54 Å². The Balaban J connectivity index is 2.39. The van der Waals surface area contributed by atoms with Gasteiger partial charge in [0.2, 0.25) is 0 Å². The van der Waals surface area contributed by atoms with Crippen LogP contribution in [0, 0.1) is 0 Å². The molecule has 0 atom stereocenters. The zero-order valence-corrected chi connectivity index (χ0v) is 11.8. The van der Waals surface area contributed by atoms with E-state index < -0.39 is 35.4 Å². The maximum atomic E-state index is 12.0. The van der Waals surface area contributed by atoms with Crippen LogP contribution in [-0.2, 0) is 4.79 Å². The number of rotatable bonds is 4. The van der Waals surface area contributed by atoms with Crippen LogP contribution in [0.15, 0.2) is 35.1 Å². The van der Waals surface area contributed by atoms with Crippen molar-refractivity contribution in [3.05, 3.63) is 51.4 Å². The molecule has 1 aromatic carbocycles. The summed E-state index contributed by atoms with van der Waals surface area (Å²) >= 11 is 5.85. The molecule has 8 heteroatoms. The molecule has 7 nitrogen and oxygen atoms in total. The van der Waals surface area contributed by atoms with Gasteiger partial charge in [0.05, 0.1) is 5.56 Å². The minimum atomic E-state index is -1.24. The average Bonchev–Trinajstić information content (AvgIpc) is 2.46. The van der Waals surface area contributed by atoms with Crippen LogP contribution in [0.2, 0.25) is 5.02 Å². The number of amides is 1. The van der Waals surface area contributed by atoms with E-state index in [4.69, 9.17) is 16.7 Å². The first-order valence-corrected chi connectivity index (χ1v) is 6.48. The number of hydrogen-bond acceptors (Lipinski definition) is 4. The van der Waals surface area contributed by atoms with Gasteiger partial charge in [0, 0.05) is 5.02 Å². The molecule has 1 amide bonds. The van der Waals surface area contributed by atoms with Gasteiger partial charge in [-0.2, -0.15) is 0 Å². The smallest absolute Gasteiger partial charge is 0.322 e. The van der Waals surface area contributed by atoms with Crippen molar-refractivity contribution >= 4 is 23.5 Å². The molecule has 22 heavy (non-hydrogen) atoms. The van der Waals surface area contributed by atoms with Crippen LogP contribution >= 0.6 is 11.6 Å². The van der Waals surface area contributed by atoms with E-state index in [1.807, 2.05) is 5.32 Å². The fourth-order valence-corrected chi connectivity index (χ4v) is 2.00. The lowest BCUT2D eigenvalue weighted by Crippen LogP contribution is -2.31. The maximum absolute atomic E-state index is 12.0. The zero-order valence-electron chi connectivity index (χ0n) is 11.1. The summed E-state index contributed by atoms with van der Waals surface area (Å²) in [6.45, 7) is -0.629. The number of pyridine rings is 1. The molecule has 1 heterocycles. The number of nitrogens with one attached hydrogen (secondary N) is 2. The third kappa shape index (κ3) is 3.44. The molecule has 0 radical (unpaired) electrons. The van der Waals surface area contributed by atoms with Gasteiger partial charge in [-0.3, -0.25) is 14.4 Å². The number of benzene rings is 1. The lowest BCUT2D eigenvalue weighted by atomic mass is 10.1. The fraction of sp³-hybridized carbons (Fsp3) is 0.0714. The second-order valence-corrected chi connectivity index (χ2v) is 4.80. The standard InChI is InChI=1S/C14H11ClN2O5/c15-8-3-1-2-7(4-8)9-5-10(18)12(17-13(9)21)14(22)16-6-11(19)20/h1-5,18H,6H2,(H,16,22)(H,17,21)(H,19,20). The molecule has 0 saturated carbocycles. The first kappa shape index (κ1) is 15.6. The number of carboxylic acids is 1. The summed E-state index contributed by atoms with van der Waals surface area (Å²) in [5, 5.41) is 20.8. The van der Waals surface area contributed by atoms with Crippen molar-refractivity contribution in [2.24, 2.45) is 0 Å². The second-order valence-electron chi connectivity index (χ2n) is 4.36. The van der Waals surface area contributed by atoms with E-state index in [9.17, 15) is 19.5 Å². The predicted molar refractivity (Wildman–Crippen MR) is 79.1 cm³/mol. The summed E-state index contributed by atoms with van der Waals surface area (Å²) in [5.41, 5.74) is -0.408. The van der Waals surface area contributed by atoms with Crippen LogP contribution < -0.4 is 10.9 Å². The summed E-state index contributed by atoms with van der Waals surface area (Å²) in [6.07, 6.45) is 0. The summed E-state index contributed by atoms with van der Waals surface area (Å²) in [5.74, 6) is -2.61. The van der Waals surface area contributed by atoms with Crippen molar-refractivity contribution in [3.8, 4) is 16.9 Å². The quantitative estimate of drug-likeness (QED) is 0.674. The van der Waals surface area contributed by atoms with E-state index in [0.717, 1.165) is 6.07 Å². The van der Waals surface area contributed by atoms with Crippen LogP contribution in [0.1, 0.15) is 10.5 Å². The molecule has 0 spiro atoms. The third-order valence-corrected chi connectivity index (χ3v) is 3.02. The molecular weight excluding hydrogens is 312 g/mol. The minimum Gasteiger partial charge on any atom is -0.506 e. The summed E-state index contributed by atoms with van der Waals surface area (Å²) in [4.78, 5) is 36.4. The number of aromatic nitrogens is 1. The Kier molecular flexibility index (Phi) is 4.47. The highest BCUT2D eigenvalue weighted by atomic mass is 35.5. The summed E-state index contributed by atoms with van der Waals surface area (Å²) < 4.78 is 0. The van der Waals surface area contributed by atoms with Gasteiger partial charge >= 0.3 is 5.97 Å². The van der Waals surface area contributed by atoms with Crippen LogP contribution in [0.5, 0.6) is 5.75 Å². The first-order chi connectivity index (χ1) is 10.4. The van der Waals surface area contributed by atoms with E-state index in [1.54, 1.807) is 18.2 Å². The van der Waals surface area contributed by atoms with Gasteiger partial charge in [0.25, 0.3) is 11.5 Å². The van der Waals surface area contributed by atoms with Crippen LogP contribution in [0.25, 0.3) is 11.1 Å². The number of aliphatic carboxylic acids is 1. The first-order valence-electron chi connectivity index (χ1n) is 6.10. The van der Waals surface area contributed by atoms with Gasteiger partial charge in [0.15, 0.2) is 0 Å². The van der Waals surface area contributed by atoms with Gasteiger partial charge in [0.1, 0.15) is 18.0 Å². The topological polar surface area (TPSA) is 119 Å². The van der Waals surface area contributed by atoms with Crippen molar-refractivity contribution < 1.29 is 19.8 Å². The van der Waals surface area contributed by atoms with Gasteiger partial charge < -0.3 is 20.5 Å². The molecule has 1 aromatic heterocycles. The number of carbonyl (C=O) groups is 2. The predicted octanol–water partition coefficient (Wildman–Crippen LogP) is 1.22. The molecule has 0 aliphatic rings. The van der Waals surface area contributed by atoms with Crippen LogP contribution in [-0.4, -0.2) is 33.6 Å². The Bertz CT molecular complexity index is 800. The van der Waals surface area contributed by atoms with Crippen molar-refractivity contribution in [3.63, 3.8) is 0 Å². The summed E-state index contributed by atoms with van der Waals surface area (Å²) in [6, 6.07) is 7.56. The molecule has 0 bridgehead atoms. The highest BCUT2D eigenvalue weighted by Crippen LogP contribution is 2.23. The molecule has 0 aliphatic heterocycles. The normalized spacial score (nSPS) is 10.2. The molecule has 2 rings (SSSR count). The molecule has 2 aromatic rings. The number of carbonyl (C=O) groups excluding carboxylic acids is 1. The number of aromatic amines is 1. The molecule has 4 N–H and O–H groups in total. The van der Waals surface area contributed by atoms with E-state index in [2.05, 4.69) is 4.98 Å². The molecule has 0 aliphatic carbocycles. The van der Waals surface area contributed by atoms with E-state index in [1.165, 1.54) is 6.07 Å². The second kappa shape index (κ2) is 6.31. The van der Waals surface area contributed by atoms with Gasteiger partial charge in [-0.1, -0.05) is 23.7 Å².